The number of aromatic nitrogens is 2. The molecule has 5 aromatic rings. The molecule has 230 valence electrons. The number of nitrogens with zero attached hydrogens (tertiary/aromatic N) is 4. The van der Waals surface area contributed by atoms with Crippen molar-refractivity contribution in [2.75, 3.05) is 49.2 Å². The van der Waals surface area contributed by atoms with Crippen LogP contribution in [0, 0.1) is 3.57 Å². The predicted molar refractivity (Wildman–Crippen MR) is 182 cm³/mol. The second kappa shape index (κ2) is 12.4. The number of nitrogen functional groups attached to an aromatic ring is 2. The zero-order valence-corrected chi connectivity index (χ0v) is 27.0. The van der Waals surface area contributed by atoms with Gasteiger partial charge in [0.1, 0.15) is 16.8 Å². The third-order valence-electron chi connectivity index (χ3n) is 8.82. The number of benzene rings is 3. The summed E-state index contributed by atoms with van der Waals surface area (Å²) in [6.07, 6.45) is 3.94. The van der Waals surface area contributed by atoms with Gasteiger partial charge in [-0.05, 0) is 129 Å². The quantitative estimate of drug-likeness (QED) is 0.123. The Kier molecular flexibility index (Phi) is 8.25. The summed E-state index contributed by atoms with van der Waals surface area (Å²) < 4.78 is 19.5. The Morgan fingerprint density at radius 3 is 2.32 bits per heavy atom. The number of fused-ring (bicyclic) bond motifs is 2. The Balaban J connectivity index is 1.14. The highest BCUT2D eigenvalue weighted by Crippen LogP contribution is 2.39. The molecule has 0 aliphatic carbocycles. The number of oxazole rings is 2. The van der Waals surface area contributed by atoms with Gasteiger partial charge in [-0.3, -0.25) is 4.90 Å². The Bertz CT molecular complexity index is 1770. The molecule has 2 aliphatic rings. The Labute approximate surface area is 270 Å². The number of hydrogen-bond donors (Lipinski definition) is 3. The molecular formula is C33H38IN7O3. The molecule has 2 saturated heterocycles. The molecule has 3 aromatic carbocycles. The van der Waals surface area contributed by atoms with Gasteiger partial charge in [-0.2, -0.15) is 9.97 Å². The van der Waals surface area contributed by atoms with E-state index >= 15 is 0 Å². The molecule has 0 saturated carbocycles. The van der Waals surface area contributed by atoms with Gasteiger partial charge in [0.25, 0.3) is 0 Å². The molecule has 4 heterocycles. The number of rotatable bonds is 8. The van der Waals surface area contributed by atoms with Crippen molar-refractivity contribution in [1.29, 1.82) is 0 Å². The first kappa shape index (κ1) is 29.2. The van der Waals surface area contributed by atoms with Crippen LogP contribution in [0.4, 0.5) is 23.4 Å². The van der Waals surface area contributed by atoms with Crippen LogP contribution >= 0.6 is 22.6 Å². The van der Waals surface area contributed by atoms with E-state index in [1.165, 1.54) is 11.1 Å². The number of para-hydroxylation sites is 2. The van der Waals surface area contributed by atoms with Crippen molar-refractivity contribution in [2.24, 2.45) is 0 Å². The lowest BCUT2D eigenvalue weighted by atomic mass is 9.88. The topological polar surface area (TPSA) is 132 Å². The summed E-state index contributed by atoms with van der Waals surface area (Å²) in [5.74, 6) is 1.26. The van der Waals surface area contributed by atoms with E-state index in [2.05, 4.69) is 57.1 Å². The van der Waals surface area contributed by atoms with Crippen molar-refractivity contribution in [3.05, 3.63) is 63.2 Å². The van der Waals surface area contributed by atoms with E-state index in [0.29, 0.717) is 41.3 Å². The smallest absolute Gasteiger partial charge is 0.307 e. The second-order valence-electron chi connectivity index (χ2n) is 11.7. The molecule has 0 spiro atoms. The van der Waals surface area contributed by atoms with Gasteiger partial charge in [0.15, 0.2) is 11.2 Å². The predicted octanol–water partition coefficient (Wildman–Crippen LogP) is 6.41. The SMILES string of the molecule is CCOc1cc(CN2CCC(c3cccc4oc(N(c5nc6c(N)cccc6o5)C5CCNCC5)nc34)CC2)cc(N)c1I. The molecular weight excluding hydrogens is 669 g/mol. The van der Waals surface area contributed by atoms with Crippen LogP contribution in [0.1, 0.15) is 49.7 Å². The molecule has 44 heavy (non-hydrogen) atoms. The van der Waals surface area contributed by atoms with Crippen LogP contribution < -0.4 is 26.4 Å². The number of halogens is 1. The summed E-state index contributed by atoms with van der Waals surface area (Å²) >= 11 is 2.26. The lowest BCUT2D eigenvalue weighted by Crippen LogP contribution is -2.41. The highest BCUT2D eigenvalue weighted by atomic mass is 127. The van der Waals surface area contributed by atoms with Gasteiger partial charge in [0, 0.05) is 18.3 Å². The van der Waals surface area contributed by atoms with Crippen LogP contribution in [-0.2, 0) is 6.54 Å². The summed E-state index contributed by atoms with van der Waals surface area (Å²) in [7, 11) is 0. The van der Waals surface area contributed by atoms with Gasteiger partial charge in [0.05, 0.1) is 15.9 Å². The standard InChI is InChI=1S/C33H38IN7O3/c1-2-42-28-18-20(17-25(36)29(28)34)19-40-15-11-21(12-16-40)23-5-3-7-26-30(23)38-32(43-26)41(22-9-13-37-14-10-22)33-39-31-24(35)6-4-8-27(31)44-33/h3-8,17-18,21-22,37H,2,9-16,19,35-36H2,1H3. The van der Waals surface area contributed by atoms with Gasteiger partial charge < -0.3 is 30.4 Å². The molecule has 10 nitrogen and oxygen atoms in total. The fourth-order valence-corrected chi connectivity index (χ4v) is 7.07. The minimum atomic E-state index is 0.142. The number of nitrogens with one attached hydrogen (secondary N) is 1. The lowest BCUT2D eigenvalue weighted by molar-refractivity contribution is 0.205. The van der Waals surface area contributed by atoms with Crippen LogP contribution in [0.15, 0.2) is 57.4 Å². The normalized spacial score (nSPS) is 17.0. The number of piperidine rings is 2. The van der Waals surface area contributed by atoms with Gasteiger partial charge in [-0.1, -0.05) is 18.2 Å². The van der Waals surface area contributed by atoms with E-state index in [0.717, 1.165) is 84.5 Å². The Morgan fingerprint density at radius 2 is 1.61 bits per heavy atom. The van der Waals surface area contributed by atoms with Gasteiger partial charge in [-0.25, -0.2) is 4.90 Å². The van der Waals surface area contributed by atoms with Crippen LogP contribution in [-0.4, -0.2) is 53.7 Å². The first-order chi connectivity index (χ1) is 21.5. The molecule has 0 bridgehead atoms. The second-order valence-corrected chi connectivity index (χ2v) is 12.8. The maximum atomic E-state index is 6.48. The maximum absolute atomic E-state index is 6.48. The molecule has 2 aromatic heterocycles. The molecule has 2 fully saturated rings. The van der Waals surface area contributed by atoms with Crippen molar-refractivity contribution in [2.45, 2.75) is 51.1 Å². The number of nitrogens with two attached hydrogens (primary N) is 2. The van der Waals surface area contributed by atoms with Gasteiger partial charge in [0.2, 0.25) is 0 Å². The molecule has 0 amide bonds. The van der Waals surface area contributed by atoms with Crippen LogP contribution in [0.5, 0.6) is 5.75 Å². The Hall–Kier alpha value is -3.55. The molecule has 0 radical (unpaired) electrons. The van der Waals surface area contributed by atoms with Crippen molar-refractivity contribution < 1.29 is 13.6 Å². The number of hydrogen-bond acceptors (Lipinski definition) is 10. The summed E-state index contributed by atoms with van der Waals surface area (Å²) in [5.41, 5.74) is 19.3. The average molecular weight is 708 g/mol. The summed E-state index contributed by atoms with van der Waals surface area (Å²) in [4.78, 5) is 14.5. The zero-order chi connectivity index (χ0) is 30.2. The summed E-state index contributed by atoms with van der Waals surface area (Å²) in [5, 5.41) is 3.45. The minimum absolute atomic E-state index is 0.142. The van der Waals surface area contributed by atoms with Crippen molar-refractivity contribution in [3.63, 3.8) is 0 Å². The summed E-state index contributed by atoms with van der Waals surface area (Å²) in [6.45, 7) is 7.29. The average Bonchev–Trinajstić information content (AvgIpc) is 3.66. The van der Waals surface area contributed by atoms with E-state index in [1.54, 1.807) is 0 Å². The van der Waals surface area contributed by atoms with Crippen molar-refractivity contribution >= 4 is 68.2 Å². The molecule has 0 atom stereocenters. The molecule has 5 N–H and O–H groups in total. The van der Waals surface area contributed by atoms with E-state index in [-0.39, 0.29) is 6.04 Å². The number of anilines is 4. The largest absolute Gasteiger partial charge is 0.493 e. The molecule has 11 heteroatoms. The minimum Gasteiger partial charge on any atom is -0.493 e. The maximum Gasteiger partial charge on any atom is 0.307 e. The van der Waals surface area contributed by atoms with E-state index < -0.39 is 0 Å². The third kappa shape index (κ3) is 5.68. The molecule has 2 aliphatic heterocycles. The molecule has 0 unspecified atom stereocenters. The van der Waals surface area contributed by atoms with Crippen LogP contribution in [0.3, 0.4) is 0 Å². The first-order valence-corrected chi connectivity index (χ1v) is 16.5. The van der Waals surface area contributed by atoms with Gasteiger partial charge >= 0.3 is 12.0 Å². The fraction of sp³-hybridized carbons (Fsp3) is 0.394. The highest BCUT2D eigenvalue weighted by molar-refractivity contribution is 14.1. The Morgan fingerprint density at radius 1 is 0.932 bits per heavy atom. The monoisotopic (exact) mass is 707 g/mol. The van der Waals surface area contributed by atoms with E-state index in [4.69, 9.17) is 35.0 Å². The van der Waals surface area contributed by atoms with Crippen molar-refractivity contribution in [3.8, 4) is 5.75 Å². The zero-order valence-electron chi connectivity index (χ0n) is 24.9. The van der Waals surface area contributed by atoms with E-state index in [1.807, 2.05) is 36.1 Å². The van der Waals surface area contributed by atoms with Crippen LogP contribution in [0.2, 0.25) is 0 Å². The van der Waals surface area contributed by atoms with Crippen molar-refractivity contribution in [1.82, 2.24) is 20.2 Å². The number of likely N-dealkylation sites (tertiary alicyclic amines) is 1. The van der Waals surface area contributed by atoms with E-state index in [9.17, 15) is 0 Å². The number of ether oxygens (including phenoxy) is 1. The lowest BCUT2D eigenvalue weighted by Gasteiger charge is -2.32. The summed E-state index contributed by atoms with van der Waals surface area (Å²) in [6, 6.07) is 17.2. The molecule has 7 rings (SSSR count). The van der Waals surface area contributed by atoms with Gasteiger partial charge in [-0.15, -0.1) is 0 Å². The third-order valence-corrected chi connectivity index (χ3v) is 9.98. The fourth-order valence-electron chi connectivity index (χ4n) is 6.60. The first-order valence-electron chi connectivity index (χ1n) is 15.5. The van der Waals surface area contributed by atoms with Crippen LogP contribution in [0.25, 0.3) is 22.2 Å². The highest BCUT2D eigenvalue weighted by Gasteiger charge is 2.32.